The minimum atomic E-state index is -0.804. The zero-order valence-electron chi connectivity index (χ0n) is 22.8. The van der Waals surface area contributed by atoms with Crippen LogP contribution < -0.4 is 9.64 Å². The van der Waals surface area contributed by atoms with Gasteiger partial charge in [-0.1, -0.05) is 42.0 Å². The number of allylic oxidation sites excluding steroid dienone is 2. The summed E-state index contributed by atoms with van der Waals surface area (Å²) in [7, 11) is 0. The second-order valence-corrected chi connectivity index (χ2v) is 11.5. The van der Waals surface area contributed by atoms with Gasteiger partial charge in [0.05, 0.1) is 28.7 Å². The van der Waals surface area contributed by atoms with Crippen LogP contribution in [0.25, 0.3) is 0 Å². The van der Waals surface area contributed by atoms with E-state index in [9.17, 15) is 24.0 Å². The van der Waals surface area contributed by atoms with Gasteiger partial charge in [-0.15, -0.1) is 0 Å². The lowest BCUT2D eigenvalue weighted by Crippen LogP contribution is -2.40. The van der Waals surface area contributed by atoms with E-state index in [4.69, 9.17) is 9.47 Å². The number of rotatable bonds is 7. The number of esters is 2. The van der Waals surface area contributed by atoms with E-state index >= 15 is 0 Å². The number of aryl methyl sites for hydroxylation is 1. The number of para-hydroxylation sites is 1. The van der Waals surface area contributed by atoms with Crippen molar-refractivity contribution in [3.8, 4) is 5.75 Å². The van der Waals surface area contributed by atoms with E-state index in [1.165, 1.54) is 30.3 Å². The highest BCUT2D eigenvalue weighted by atomic mass is 16.5. The highest BCUT2D eigenvalue weighted by Crippen LogP contribution is 2.65. The number of anilines is 1. The number of carbonyl (C=O) groups excluding carboxylic acids is 5. The first-order valence-corrected chi connectivity index (χ1v) is 14.1. The molecule has 1 aliphatic heterocycles. The average molecular weight is 562 g/mol. The van der Waals surface area contributed by atoms with Gasteiger partial charge in [0.2, 0.25) is 11.8 Å². The third-order valence-electron chi connectivity index (χ3n) is 9.04. The van der Waals surface area contributed by atoms with Crippen LogP contribution in [0.15, 0.2) is 84.9 Å². The van der Waals surface area contributed by atoms with E-state index in [1.54, 1.807) is 30.3 Å². The zero-order valence-corrected chi connectivity index (χ0v) is 22.8. The Morgan fingerprint density at radius 1 is 0.762 bits per heavy atom. The van der Waals surface area contributed by atoms with Gasteiger partial charge in [0.25, 0.3) is 0 Å². The predicted molar refractivity (Wildman–Crippen MR) is 151 cm³/mol. The topological polar surface area (TPSA) is 107 Å². The molecule has 3 aromatic rings. The van der Waals surface area contributed by atoms with Crippen LogP contribution in [0.1, 0.15) is 43.1 Å². The third kappa shape index (κ3) is 4.26. The standard InChI is InChI=1S/C34H27NO7/c1-18-6-8-20(9-7-18)33(39)42-21-12-10-19(11-13-21)28(36)17-41-34(40)24-4-2-3-5-27(24)35-31(37)29-22-14-15-23(26-16-25(22)26)30(29)32(35)38/h2-15,22-23,25-26,29-30H,16-17H2,1H3. The molecule has 0 spiro atoms. The van der Waals surface area contributed by atoms with Crippen molar-refractivity contribution in [2.24, 2.45) is 35.5 Å². The minimum absolute atomic E-state index is 0.0504. The largest absolute Gasteiger partial charge is 0.454 e. The normalized spacial score (nSPS) is 26.5. The van der Waals surface area contributed by atoms with Gasteiger partial charge in [0.15, 0.2) is 12.4 Å². The molecule has 8 rings (SSSR count). The number of carbonyl (C=O) groups is 5. The maximum atomic E-state index is 13.6. The average Bonchev–Trinajstić information content (AvgIpc) is 3.79. The Hall–Kier alpha value is -4.85. The van der Waals surface area contributed by atoms with Gasteiger partial charge in [-0.2, -0.15) is 0 Å². The Labute approximate surface area is 241 Å². The molecule has 3 aromatic carbocycles. The first-order valence-electron chi connectivity index (χ1n) is 14.1. The zero-order chi connectivity index (χ0) is 29.1. The molecule has 4 aliphatic carbocycles. The Morgan fingerprint density at radius 3 is 2.00 bits per heavy atom. The fraction of sp³-hybridized carbons (Fsp3) is 0.265. The maximum absolute atomic E-state index is 13.6. The van der Waals surface area contributed by atoms with E-state index in [0.717, 1.165) is 16.9 Å². The molecule has 3 fully saturated rings. The van der Waals surface area contributed by atoms with Crippen molar-refractivity contribution in [2.45, 2.75) is 13.3 Å². The van der Waals surface area contributed by atoms with E-state index in [-0.39, 0.29) is 58.0 Å². The quantitative estimate of drug-likeness (QED) is 0.134. The Kier molecular flexibility index (Phi) is 6.15. The molecule has 210 valence electrons. The van der Waals surface area contributed by atoms with Crippen molar-refractivity contribution in [3.05, 3.63) is 107 Å². The van der Waals surface area contributed by atoms with Crippen LogP contribution in [0.2, 0.25) is 0 Å². The molecule has 0 N–H and O–H groups in total. The summed E-state index contributed by atoms with van der Waals surface area (Å²) in [6, 6.07) is 19.3. The lowest BCUT2D eigenvalue weighted by atomic mass is 9.63. The smallest absolute Gasteiger partial charge is 0.343 e. The first-order chi connectivity index (χ1) is 20.3. The lowest BCUT2D eigenvalue weighted by molar-refractivity contribution is -0.124. The van der Waals surface area contributed by atoms with Crippen LogP contribution in [0, 0.1) is 42.4 Å². The second kappa shape index (κ2) is 9.91. The van der Waals surface area contributed by atoms with Crippen molar-refractivity contribution >= 4 is 35.2 Å². The van der Waals surface area contributed by atoms with Crippen LogP contribution >= 0.6 is 0 Å². The Bertz CT molecular complexity index is 1640. The third-order valence-corrected chi connectivity index (χ3v) is 9.04. The van der Waals surface area contributed by atoms with Gasteiger partial charge >= 0.3 is 11.9 Å². The predicted octanol–water partition coefficient (Wildman–Crippen LogP) is 4.81. The van der Waals surface area contributed by atoms with Crippen molar-refractivity contribution in [1.82, 2.24) is 0 Å². The number of Topliss-reactive ketones (excluding diaryl/α,β-unsaturated/α-hetero) is 1. The summed E-state index contributed by atoms with van der Waals surface area (Å²) < 4.78 is 10.7. The number of imide groups is 1. The number of amides is 2. The summed E-state index contributed by atoms with van der Waals surface area (Å²) >= 11 is 0. The summed E-state index contributed by atoms with van der Waals surface area (Å²) in [5.41, 5.74) is 1.93. The van der Waals surface area contributed by atoms with Gasteiger partial charge in [0.1, 0.15) is 5.75 Å². The number of hydrogen-bond acceptors (Lipinski definition) is 7. The van der Waals surface area contributed by atoms with Gasteiger partial charge in [0, 0.05) is 5.56 Å². The van der Waals surface area contributed by atoms with Gasteiger partial charge in [-0.25, -0.2) is 14.5 Å². The van der Waals surface area contributed by atoms with E-state index in [2.05, 4.69) is 12.2 Å². The molecule has 0 radical (unpaired) electrons. The highest BCUT2D eigenvalue weighted by molar-refractivity contribution is 6.24. The Balaban J connectivity index is 1.01. The lowest BCUT2D eigenvalue weighted by Gasteiger charge is -2.37. The SMILES string of the molecule is Cc1ccc(C(=O)Oc2ccc(C(=O)COC(=O)c3ccccc3N3C(=O)C4C5C=CC(C6CC56)C4C3=O)cc2)cc1. The van der Waals surface area contributed by atoms with Gasteiger partial charge in [-0.05, 0) is 85.5 Å². The van der Waals surface area contributed by atoms with Crippen molar-refractivity contribution in [3.63, 3.8) is 0 Å². The van der Waals surface area contributed by atoms with Crippen molar-refractivity contribution in [1.29, 1.82) is 0 Å². The van der Waals surface area contributed by atoms with E-state index < -0.39 is 24.3 Å². The van der Waals surface area contributed by atoms with Crippen molar-refractivity contribution in [2.75, 3.05) is 11.5 Å². The molecule has 1 saturated heterocycles. The number of ether oxygens (including phenoxy) is 2. The van der Waals surface area contributed by atoms with E-state index in [1.807, 2.05) is 19.1 Å². The number of ketones is 1. The second-order valence-electron chi connectivity index (χ2n) is 11.5. The number of benzene rings is 3. The summed E-state index contributed by atoms with van der Waals surface area (Å²) in [5.74, 6) is -1.74. The van der Waals surface area contributed by atoms with Crippen LogP contribution in [0.3, 0.4) is 0 Å². The number of hydrogen-bond donors (Lipinski definition) is 0. The van der Waals surface area contributed by atoms with Gasteiger partial charge < -0.3 is 9.47 Å². The maximum Gasteiger partial charge on any atom is 0.343 e. The molecular weight excluding hydrogens is 534 g/mol. The molecule has 2 bridgehead atoms. The molecular formula is C34H27NO7. The fourth-order valence-corrected chi connectivity index (χ4v) is 6.89. The van der Waals surface area contributed by atoms with Crippen LogP contribution in [0.4, 0.5) is 5.69 Å². The summed E-state index contributed by atoms with van der Waals surface area (Å²) in [6.45, 7) is 1.38. The summed E-state index contributed by atoms with van der Waals surface area (Å²) in [6.07, 6.45) is 5.26. The molecule has 8 heteroatoms. The monoisotopic (exact) mass is 561 g/mol. The van der Waals surface area contributed by atoms with Crippen molar-refractivity contribution < 1.29 is 33.4 Å². The molecule has 5 aliphatic rings. The van der Waals surface area contributed by atoms with Crippen LogP contribution in [-0.4, -0.2) is 36.1 Å². The van der Waals surface area contributed by atoms with Crippen LogP contribution in [0.5, 0.6) is 5.75 Å². The summed E-state index contributed by atoms with van der Waals surface area (Å²) in [5, 5.41) is 0. The first kappa shape index (κ1) is 26.1. The number of nitrogens with zero attached hydrogens (tertiary/aromatic N) is 1. The Morgan fingerprint density at radius 2 is 1.36 bits per heavy atom. The molecule has 1 heterocycles. The molecule has 0 aromatic heterocycles. The summed E-state index contributed by atoms with van der Waals surface area (Å²) in [4.78, 5) is 66.5. The molecule has 42 heavy (non-hydrogen) atoms. The molecule has 6 atom stereocenters. The highest BCUT2D eigenvalue weighted by Gasteiger charge is 2.67. The van der Waals surface area contributed by atoms with Gasteiger partial charge in [-0.3, -0.25) is 14.4 Å². The molecule has 2 saturated carbocycles. The van der Waals surface area contributed by atoms with Crippen LogP contribution in [-0.2, 0) is 14.3 Å². The van der Waals surface area contributed by atoms with E-state index in [0.29, 0.717) is 17.4 Å². The fourth-order valence-electron chi connectivity index (χ4n) is 6.89. The minimum Gasteiger partial charge on any atom is -0.454 e. The molecule has 8 nitrogen and oxygen atoms in total. The molecule has 2 amide bonds. The molecule has 6 unspecified atom stereocenters.